The number of alkyl halides is 1. The third kappa shape index (κ3) is 3.83. The van der Waals surface area contributed by atoms with E-state index in [1.54, 1.807) is 0 Å². The summed E-state index contributed by atoms with van der Waals surface area (Å²) in [6, 6.07) is 8.95. The van der Waals surface area contributed by atoms with Crippen molar-refractivity contribution in [3.05, 3.63) is 35.4 Å². The predicted octanol–water partition coefficient (Wildman–Crippen LogP) is 4.88. The maximum atomic E-state index is 3.57. The minimum atomic E-state index is 0.465. The summed E-state index contributed by atoms with van der Waals surface area (Å²) in [4.78, 5) is 0.465. The molecule has 0 aliphatic heterocycles. The fraction of sp³-hybridized carbons (Fsp3) is 0.538. The monoisotopic (exact) mass is 254 g/mol. The van der Waals surface area contributed by atoms with E-state index in [4.69, 9.17) is 0 Å². The van der Waals surface area contributed by atoms with Crippen LogP contribution in [0.5, 0.6) is 0 Å². The molecule has 14 heavy (non-hydrogen) atoms. The molecule has 0 aliphatic rings. The lowest BCUT2D eigenvalue weighted by Crippen LogP contribution is -1.88. The Balaban J connectivity index is 2.47. The van der Waals surface area contributed by atoms with Crippen LogP contribution in [0.4, 0.5) is 0 Å². The van der Waals surface area contributed by atoms with Gasteiger partial charge in [-0.05, 0) is 30.9 Å². The molecule has 0 nitrogen and oxygen atoms in total. The van der Waals surface area contributed by atoms with Crippen LogP contribution in [0.1, 0.15) is 49.1 Å². The van der Waals surface area contributed by atoms with Gasteiger partial charge in [0.15, 0.2) is 0 Å². The number of halogens is 1. The second kappa shape index (κ2) is 6.23. The molecule has 0 heterocycles. The van der Waals surface area contributed by atoms with Gasteiger partial charge in [0.2, 0.25) is 0 Å². The number of benzene rings is 1. The summed E-state index contributed by atoms with van der Waals surface area (Å²) in [5.74, 6) is 0. The van der Waals surface area contributed by atoms with Crippen molar-refractivity contribution in [3.8, 4) is 0 Å². The summed E-state index contributed by atoms with van der Waals surface area (Å²) in [5.41, 5.74) is 2.83. The molecule has 0 radical (unpaired) electrons. The van der Waals surface area contributed by atoms with Gasteiger partial charge in [-0.2, -0.15) is 0 Å². The lowest BCUT2D eigenvalue weighted by molar-refractivity contribution is 0.717. The Kier molecular flexibility index (Phi) is 5.24. The van der Waals surface area contributed by atoms with E-state index in [0.29, 0.717) is 4.83 Å². The van der Waals surface area contributed by atoms with Crippen LogP contribution < -0.4 is 0 Å². The van der Waals surface area contributed by atoms with Gasteiger partial charge < -0.3 is 0 Å². The Morgan fingerprint density at radius 1 is 1.14 bits per heavy atom. The Hall–Kier alpha value is -0.300. The van der Waals surface area contributed by atoms with Crippen molar-refractivity contribution in [3.63, 3.8) is 0 Å². The van der Waals surface area contributed by atoms with Crippen molar-refractivity contribution in [1.29, 1.82) is 0 Å². The predicted molar refractivity (Wildman–Crippen MR) is 67.0 cm³/mol. The van der Waals surface area contributed by atoms with Gasteiger partial charge in [-0.25, -0.2) is 0 Å². The molecule has 1 rings (SSSR count). The van der Waals surface area contributed by atoms with Gasteiger partial charge in [0.05, 0.1) is 0 Å². The summed E-state index contributed by atoms with van der Waals surface area (Å²) < 4.78 is 0. The Morgan fingerprint density at radius 2 is 1.79 bits per heavy atom. The van der Waals surface area contributed by atoms with Crippen LogP contribution in [-0.2, 0) is 6.42 Å². The highest BCUT2D eigenvalue weighted by Crippen LogP contribution is 2.21. The van der Waals surface area contributed by atoms with Crippen LogP contribution in [0.25, 0.3) is 0 Å². The molecule has 0 amide bonds. The van der Waals surface area contributed by atoms with E-state index in [2.05, 4.69) is 54.0 Å². The van der Waals surface area contributed by atoms with Crippen LogP contribution in [0, 0.1) is 0 Å². The zero-order valence-corrected chi connectivity index (χ0v) is 10.7. The van der Waals surface area contributed by atoms with E-state index < -0.39 is 0 Å². The summed E-state index contributed by atoms with van der Waals surface area (Å²) in [5, 5.41) is 0. The highest BCUT2D eigenvalue weighted by Gasteiger charge is 1.99. The van der Waals surface area contributed by atoms with Crippen molar-refractivity contribution in [1.82, 2.24) is 0 Å². The first-order valence-electron chi connectivity index (χ1n) is 5.47. The Bertz CT molecular complexity index is 248. The Labute approximate surface area is 95.9 Å². The molecule has 0 N–H and O–H groups in total. The zero-order chi connectivity index (χ0) is 10.4. The second-order valence-corrected chi connectivity index (χ2v) is 5.19. The maximum Gasteiger partial charge on any atom is 0.0367 e. The minimum absolute atomic E-state index is 0.465. The molecule has 1 aromatic rings. The highest BCUT2D eigenvalue weighted by atomic mass is 79.9. The molecule has 0 saturated heterocycles. The van der Waals surface area contributed by atoms with E-state index in [1.807, 2.05) is 0 Å². The zero-order valence-electron chi connectivity index (χ0n) is 9.09. The van der Waals surface area contributed by atoms with E-state index in [-0.39, 0.29) is 0 Å². The van der Waals surface area contributed by atoms with Crippen LogP contribution in [0.2, 0.25) is 0 Å². The average Bonchev–Trinajstić information content (AvgIpc) is 2.19. The molecule has 0 bridgehead atoms. The van der Waals surface area contributed by atoms with E-state index >= 15 is 0 Å². The van der Waals surface area contributed by atoms with Gasteiger partial charge in [-0.3, -0.25) is 0 Å². The molecular weight excluding hydrogens is 236 g/mol. The summed E-state index contributed by atoms with van der Waals surface area (Å²) in [7, 11) is 0. The van der Waals surface area contributed by atoms with Gasteiger partial charge >= 0.3 is 0 Å². The average molecular weight is 255 g/mol. The van der Waals surface area contributed by atoms with Crippen molar-refractivity contribution in [2.24, 2.45) is 0 Å². The number of aryl methyl sites for hydroxylation is 1. The van der Waals surface area contributed by atoms with Gasteiger partial charge in [-0.1, -0.05) is 60.0 Å². The van der Waals surface area contributed by atoms with Gasteiger partial charge in [0, 0.05) is 4.83 Å². The quantitative estimate of drug-likeness (QED) is 0.520. The summed E-state index contributed by atoms with van der Waals surface area (Å²) >= 11 is 3.57. The first-order valence-corrected chi connectivity index (χ1v) is 6.38. The fourth-order valence-corrected chi connectivity index (χ4v) is 1.83. The highest BCUT2D eigenvalue weighted by molar-refractivity contribution is 9.09. The van der Waals surface area contributed by atoms with Crippen molar-refractivity contribution < 1.29 is 0 Å². The van der Waals surface area contributed by atoms with Gasteiger partial charge in [0.1, 0.15) is 0 Å². The van der Waals surface area contributed by atoms with Crippen molar-refractivity contribution in [2.75, 3.05) is 0 Å². The summed E-state index contributed by atoms with van der Waals surface area (Å²) in [6.07, 6.45) is 5.19. The van der Waals surface area contributed by atoms with E-state index in [0.717, 1.165) is 0 Å². The molecule has 1 aromatic carbocycles. The smallest absolute Gasteiger partial charge is 0.0367 e. The molecule has 0 aliphatic carbocycles. The Morgan fingerprint density at radius 3 is 2.29 bits per heavy atom. The second-order valence-electron chi connectivity index (χ2n) is 3.81. The number of unbranched alkanes of at least 4 members (excludes halogenated alkanes) is 2. The molecular formula is C13H19Br. The van der Waals surface area contributed by atoms with Gasteiger partial charge in [0.25, 0.3) is 0 Å². The largest absolute Gasteiger partial charge is 0.0842 e. The number of hydrogen-bond acceptors (Lipinski definition) is 0. The number of rotatable bonds is 5. The van der Waals surface area contributed by atoms with Crippen LogP contribution >= 0.6 is 15.9 Å². The third-order valence-electron chi connectivity index (χ3n) is 2.51. The molecule has 78 valence electrons. The SMILES string of the molecule is CCCCCc1ccc(C(C)Br)cc1. The van der Waals surface area contributed by atoms with Crippen molar-refractivity contribution >= 4 is 15.9 Å². The first-order chi connectivity index (χ1) is 6.74. The first kappa shape index (κ1) is 11.8. The van der Waals surface area contributed by atoms with Crippen LogP contribution in [-0.4, -0.2) is 0 Å². The van der Waals surface area contributed by atoms with Crippen LogP contribution in [0.3, 0.4) is 0 Å². The lowest BCUT2D eigenvalue weighted by Gasteiger charge is -2.05. The lowest BCUT2D eigenvalue weighted by atomic mass is 10.0. The topological polar surface area (TPSA) is 0 Å². The normalized spacial score (nSPS) is 12.8. The third-order valence-corrected chi connectivity index (χ3v) is 3.04. The molecule has 0 aromatic heterocycles. The van der Waals surface area contributed by atoms with Crippen molar-refractivity contribution in [2.45, 2.75) is 44.4 Å². The molecule has 0 spiro atoms. The minimum Gasteiger partial charge on any atom is -0.0842 e. The van der Waals surface area contributed by atoms with Gasteiger partial charge in [-0.15, -0.1) is 0 Å². The standard InChI is InChI=1S/C13H19Br/c1-3-4-5-6-12-7-9-13(10-8-12)11(2)14/h7-11H,3-6H2,1-2H3. The maximum absolute atomic E-state index is 3.57. The molecule has 1 atom stereocenters. The molecule has 0 fully saturated rings. The summed E-state index contributed by atoms with van der Waals surface area (Å²) in [6.45, 7) is 4.40. The van der Waals surface area contributed by atoms with E-state index in [1.165, 1.54) is 36.8 Å². The molecule has 0 saturated carbocycles. The molecule has 1 unspecified atom stereocenters. The number of hydrogen-bond donors (Lipinski definition) is 0. The fourth-order valence-electron chi connectivity index (χ4n) is 1.53. The van der Waals surface area contributed by atoms with Crippen LogP contribution in [0.15, 0.2) is 24.3 Å². The van der Waals surface area contributed by atoms with E-state index in [9.17, 15) is 0 Å². The molecule has 1 heteroatoms.